The molecule has 2 N–H and O–H groups in total. The topological polar surface area (TPSA) is 45.7 Å². The average Bonchev–Trinajstić information content (AvgIpc) is 2.77. The molecule has 6 heteroatoms. The van der Waals surface area contributed by atoms with Gasteiger partial charge in [-0.3, -0.25) is 4.99 Å². The van der Waals surface area contributed by atoms with Crippen molar-refractivity contribution in [2.75, 3.05) is 33.0 Å². The van der Waals surface area contributed by atoms with Crippen molar-refractivity contribution in [1.29, 1.82) is 0 Å². The molecule has 1 atom stereocenters. The van der Waals surface area contributed by atoms with Crippen molar-refractivity contribution >= 4 is 41.7 Å². The van der Waals surface area contributed by atoms with Gasteiger partial charge in [0.1, 0.15) is 0 Å². The van der Waals surface area contributed by atoms with Crippen molar-refractivity contribution < 1.29 is 4.74 Å². The minimum Gasteiger partial charge on any atom is -0.377 e. The Kier molecular flexibility index (Phi) is 8.70. The minimum atomic E-state index is -0.177. The lowest BCUT2D eigenvalue weighted by molar-refractivity contribution is 0.0268. The molecule has 0 radical (unpaired) electrons. The fraction of sp³-hybridized carbons (Fsp3) is 0.923. The maximum Gasteiger partial charge on any atom is 0.191 e. The van der Waals surface area contributed by atoms with Gasteiger partial charge in [0.25, 0.3) is 0 Å². The second-order valence-electron chi connectivity index (χ2n) is 5.65. The number of nitrogens with one attached hydrogen (secondary N) is 2. The number of aliphatic imine (C=N–C) groups is 1. The number of guanidine groups is 1. The van der Waals surface area contributed by atoms with Crippen molar-refractivity contribution in [3.05, 3.63) is 0 Å². The number of hydrogen-bond acceptors (Lipinski definition) is 3. The van der Waals surface area contributed by atoms with Gasteiger partial charge in [0.15, 0.2) is 5.96 Å². The molecule has 1 heterocycles. The quantitative estimate of drug-likeness (QED) is 0.422. The zero-order chi connectivity index (χ0) is 13.6. The van der Waals surface area contributed by atoms with Crippen LogP contribution in [0.3, 0.4) is 0 Å². The number of rotatable bonds is 5. The molecule has 1 aliphatic heterocycles. The van der Waals surface area contributed by atoms with Gasteiger partial charge in [-0.2, -0.15) is 11.8 Å². The highest BCUT2D eigenvalue weighted by atomic mass is 127. The summed E-state index contributed by atoms with van der Waals surface area (Å²) >= 11 is 2.06. The molecule has 114 valence electrons. The van der Waals surface area contributed by atoms with Crippen LogP contribution in [0, 0.1) is 0 Å². The van der Waals surface area contributed by atoms with Gasteiger partial charge in [-0.25, -0.2) is 0 Å². The summed E-state index contributed by atoms with van der Waals surface area (Å²) < 4.78 is 5.74. The second kappa shape index (κ2) is 8.56. The molecule has 1 fully saturated rings. The molecule has 19 heavy (non-hydrogen) atoms. The number of nitrogens with zero attached hydrogens (tertiary/aromatic N) is 1. The maximum atomic E-state index is 5.38. The third kappa shape index (κ3) is 7.04. The Morgan fingerprint density at radius 2 is 2.11 bits per heavy atom. The van der Waals surface area contributed by atoms with Crippen LogP contribution in [0.4, 0.5) is 0 Å². The molecule has 4 nitrogen and oxygen atoms in total. The zero-order valence-corrected chi connectivity index (χ0v) is 15.9. The van der Waals surface area contributed by atoms with E-state index in [0.717, 1.165) is 19.0 Å². The Morgan fingerprint density at radius 3 is 2.58 bits per heavy atom. The lowest BCUT2D eigenvalue weighted by Gasteiger charge is -2.27. The van der Waals surface area contributed by atoms with Gasteiger partial charge in [0.2, 0.25) is 0 Å². The van der Waals surface area contributed by atoms with E-state index in [4.69, 9.17) is 4.74 Å². The van der Waals surface area contributed by atoms with Crippen molar-refractivity contribution in [1.82, 2.24) is 10.6 Å². The highest BCUT2D eigenvalue weighted by molar-refractivity contribution is 14.0. The van der Waals surface area contributed by atoms with Gasteiger partial charge in [-0.05, 0) is 39.4 Å². The molecule has 0 aromatic rings. The molecule has 1 aliphatic rings. The SMILES string of the molecule is CN=C(NCC(C)(C)OC)NCC1(C)CCCS1.I. The second-order valence-corrected chi connectivity index (χ2v) is 7.33. The van der Waals surface area contributed by atoms with Crippen LogP contribution in [-0.4, -0.2) is 49.3 Å². The number of hydrogen-bond donors (Lipinski definition) is 2. The van der Waals surface area contributed by atoms with Crippen LogP contribution in [0.1, 0.15) is 33.6 Å². The first-order valence-corrected chi connectivity index (χ1v) is 7.53. The van der Waals surface area contributed by atoms with Crippen LogP contribution in [0.15, 0.2) is 4.99 Å². The Bertz CT molecular complexity index is 292. The molecular formula is C13H28IN3OS. The number of ether oxygens (including phenoxy) is 1. The lowest BCUT2D eigenvalue weighted by Crippen LogP contribution is -2.48. The summed E-state index contributed by atoms with van der Waals surface area (Å²) in [6.45, 7) is 8.14. The third-order valence-corrected chi connectivity index (χ3v) is 4.93. The maximum absolute atomic E-state index is 5.38. The molecule has 0 spiro atoms. The normalized spacial score (nSPS) is 23.9. The highest BCUT2D eigenvalue weighted by Crippen LogP contribution is 2.36. The van der Waals surface area contributed by atoms with Gasteiger partial charge in [0.05, 0.1) is 5.60 Å². The van der Waals surface area contributed by atoms with E-state index in [9.17, 15) is 0 Å². The number of halogens is 1. The van der Waals surface area contributed by atoms with E-state index in [1.165, 1.54) is 18.6 Å². The molecule has 0 aliphatic carbocycles. The Morgan fingerprint density at radius 1 is 1.42 bits per heavy atom. The van der Waals surface area contributed by atoms with Crippen molar-refractivity contribution in [3.8, 4) is 0 Å². The van der Waals surface area contributed by atoms with Crippen molar-refractivity contribution in [3.63, 3.8) is 0 Å². The van der Waals surface area contributed by atoms with Crippen LogP contribution >= 0.6 is 35.7 Å². The van der Waals surface area contributed by atoms with E-state index < -0.39 is 0 Å². The van der Waals surface area contributed by atoms with Crippen molar-refractivity contribution in [2.24, 2.45) is 4.99 Å². The van der Waals surface area contributed by atoms with Crippen LogP contribution < -0.4 is 10.6 Å². The molecule has 1 rings (SSSR count). The average molecular weight is 401 g/mol. The van der Waals surface area contributed by atoms with Gasteiger partial charge < -0.3 is 15.4 Å². The summed E-state index contributed by atoms with van der Waals surface area (Å²) in [5.74, 6) is 2.13. The smallest absolute Gasteiger partial charge is 0.191 e. The monoisotopic (exact) mass is 401 g/mol. The fourth-order valence-corrected chi connectivity index (χ4v) is 3.08. The van der Waals surface area contributed by atoms with Gasteiger partial charge in [-0.15, -0.1) is 24.0 Å². The van der Waals surface area contributed by atoms with Gasteiger partial charge >= 0.3 is 0 Å². The van der Waals surface area contributed by atoms with Gasteiger partial charge in [0, 0.05) is 32.0 Å². The summed E-state index contributed by atoms with van der Waals surface area (Å²) in [6, 6.07) is 0. The molecule has 1 unspecified atom stereocenters. The predicted molar refractivity (Wildman–Crippen MR) is 96.0 cm³/mol. The third-order valence-electron chi connectivity index (χ3n) is 3.39. The number of methoxy groups -OCH3 is 1. The predicted octanol–water partition coefficient (Wildman–Crippen LogP) is 2.48. The summed E-state index contributed by atoms with van der Waals surface area (Å²) in [5.41, 5.74) is -0.177. The Hall–Kier alpha value is 0.310. The lowest BCUT2D eigenvalue weighted by atomic mass is 10.1. The van der Waals surface area contributed by atoms with Crippen molar-refractivity contribution in [2.45, 2.75) is 44.0 Å². The number of thioether (sulfide) groups is 1. The molecular weight excluding hydrogens is 373 g/mol. The largest absolute Gasteiger partial charge is 0.377 e. The minimum absolute atomic E-state index is 0. The summed E-state index contributed by atoms with van der Waals surface area (Å²) in [5, 5.41) is 6.72. The van der Waals surface area contributed by atoms with E-state index in [0.29, 0.717) is 4.75 Å². The fourth-order valence-electron chi connectivity index (χ4n) is 1.84. The molecule has 0 amide bonds. The zero-order valence-electron chi connectivity index (χ0n) is 12.7. The molecule has 0 bridgehead atoms. The van der Waals surface area contributed by atoms with Crippen LogP contribution in [-0.2, 0) is 4.74 Å². The molecule has 0 aromatic heterocycles. The summed E-state index contributed by atoms with van der Waals surface area (Å²) in [7, 11) is 3.54. The van der Waals surface area contributed by atoms with Gasteiger partial charge in [-0.1, -0.05) is 0 Å². The highest BCUT2D eigenvalue weighted by Gasteiger charge is 2.29. The Labute approximate surface area is 138 Å². The molecule has 0 aromatic carbocycles. The molecule has 1 saturated heterocycles. The van der Waals surface area contributed by atoms with Crippen LogP contribution in [0.2, 0.25) is 0 Å². The Balaban J connectivity index is 0.00000324. The molecule has 0 saturated carbocycles. The van der Waals surface area contributed by atoms with E-state index in [1.54, 1.807) is 14.2 Å². The van der Waals surface area contributed by atoms with E-state index in [-0.39, 0.29) is 29.6 Å². The van der Waals surface area contributed by atoms with E-state index in [1.807, 2.05) is 0 Å². The van der Waals surface area contributed by atoms with E-state index in [2.05, 4.69) is 48.2 Å². The van der Waals surface area contributed by atoms with Crippen LogP contribution in [0.25, 0.3) is 0 Å². The van der Waals surface area contributed by atoms with Crippen LogP contribution in [0.5, 0.6) is 0 Å². The summed E-state index contributed by atoms with van der Waals surface area (Å²) in [4.78, 5) is 4.25. The first-order chi connectivity index (χ1) is 8.41. The van der Waals surface area contributed by atoms with E-state index >= 15 is 0 Å². The first kappa shape index (κ1) is 19.3. The first-order valence-electron chi connectivity index (χ1n) is 6.54. The summed E-state index contributed by atoms with van der Waals surface area (Å²) in [6.07, 6.45) is 2.61. The standard InChI is InChI=1S/C13H27N3OS.HI/c1-12(2,17-5)9-15-11(14-4)16-10-13(3)7-6-8-18-13;/h6-10H2,1-5H3,(H2,14,15,16);1H.